The Labute approximate surface area is 109 Å². The Kier molecular flexibility index (Phi) is 8.46. The van der Waals surface area contributed by atoms with Crippen LogP contribution < -0.4 is 5.73 Å². The van der Waals surface area contributed by atoms with Crippen molar-refractivity contribution in [2.75, 3.05) is 6.61 Å². The first-order valence-electron chi connectivity index (χ1n) is 5.70. The molecule has 0 aliphatic rings. The zero-order chi connectivity index (χ0) is 11.8. The number of rotatable bonds is 6. The molecular weight excluding hydrogens is 238 g/mol. The second kappa shape index (κ2) is 9.02. The molecule has 17 heavy (non-hydrogen) atoms. The standard InChI is InChI=1S/C13H19NO2.ClH/c1-2-16-13(15)12(14)10-6-9-11-7-4-3-5-8-11;/h3-5,7-8,12H,2,6,9-10,14H2,1H3;1H/t12-;/m1./s1. The second-order valence-corrected chi connectivity index (χ2v) is 3.74. The molecule has 0 heterocycles. The van der Waals surface area contributed by atoms with Crippen LogP contribution in [0.5, 0.6) is 0 Å². The van der Waals surface area contributed by atoms with Crippen LogP contribution in [-0.4, -0.2) is 18.6 Å². The minimum absolute atomic E-state index is 0. The predicted molar refractivity (Wildman–Crippen MR) is 71.2 cm³/mol. The number of aryl methyl sites for hydroxylation is 1. The lowest BCUT2D eigenvalue weighted by Crippen LogP contribution is -2.32. The quantitative estimate of drug-likeness (QED) is 0.796. The van der Waals surface area contributed by atoms with E-state index in [-0.39, 0.29) is 18.4 Å². The van der Waals surface area contributed by atoms with Gasteiger partial charge in [0, 0.05) is 0 Å². The van der Waals surface area contributed by atoms with Gasteiger partial charge in [-0.05, 0) is 31.7 Å². The maximum atomic E-state index is 11.2. The molecule has 0 aromatic heterocycles. The molecule has 1 aromatic rings. The van der Waals surface area contributed by atoms with E-state index in [9.17, 15) is 4.79 Å². The molecule has 0 radical (unpaired) electrons. The van der Waals surface area contributed by atoms with Gasteiger partial charge in [-0.1, -0.05) is 30.3 Å². The number of halogens is 1. The Bertz CT molecular complexity index is 316. The molecule has 0 saturated heterocycles. The van der Waals surface area contributed by atoms with Gasteiger partial charge in [0.25, 0.3) is 0 Å². The zero-order valence-electron chi connectivity index (χ0n) is 10.1. The predicted octanol–water partition coefficient (Wildman–Crippen LogP) is 2.32. The third-order valence-electron chi connectivity index (χ3n) is 2.41. The molecule has 1 atom stereocenters. The second-order valence-electron chi connectivity index (χ2n) is 3.74. The summed E-state index contributed by atoms with van der Waals surface area (Å²) in [6, 6.07) is 9.70. The number of benzene rings is 1. The minimum atomic E-state index is -0.483. The van der Waals surface area contributed by atoms with Crippen molar-refractivity contribution >= 4 is 18.4 Å². The van der Waals surface area contributed by atoms with E-state index >= 15 is 0 Å². The third kappa shape index (κ3) is 6.29. The van der Waals surface area contributed by atoms with Gasteiger partial charge in [0.1, 0.15) is 6.04 Å². The molecule has 0 bridgehead atoms. The molecule has 4 heteroatoms. The van der Waals surface area contributed by atoms with Crippen LogP contribution in [0, 0.1) is 0 Å². The average Bonchev–Trinajstić information content (AvgIpc) is 2.30. The number of carbonyl (C=O) groups excluding carboxylic acids is 1. The van der Waals surface area contributed by atoms with E-state index in [1.165, 1.54) is 5.56 Å². The molecule has 0 aliphatic carbocycles. The lowest BCUT2D eigenvalue weighted by atomic mass is 10.1. The van der Waals surface area contributed by atoms with Gasteiger partial charge in [-0.2, -0.15) is 0 Å². The van der Waals surface area contributed by atoms with E-state index in [0.717, 1.165) is 12.8 Å². The van der Waals surface area contributed by atoms with Crippen LogP contribution in [0.15, 0.2) is 30.3 Å². The Morgan fingerprint density at radius 1 is 1.35 bits per heavy atom. The number of ether oxygens (including phenoxy) is 1. The van der Waals surface area contributed by atoms with E-state index in [1.54, 1.807) is 6.92 Å². The fraction of sp³-hybridized carbons (Fsp3) is 0.462. The van der Waals surface area contributed by atoms with Crippen LogP contribution >= 0.6 is 12.4 Å². The summed E-state index contributed by atoms with van der Waals surface area (Å²) in [6.45, 7) is 2.18. The molecule has 0 fully saturated rings. The van der Waals surface area contributed by atoms with Gasteiger partial charge >= 0.3 is 5.97 Å². The lowest BCUT2D eigenvalue weighted by molar-refractivity contribution is -0.144. The van der Waals surface area contributed by atoms with E-state index in [1.807, 2.05) is 18.2 Å². The van der Waals surface area contributed by atoms with Crippen molar-refractivity contribution in [3.63, 3.8) is 0 Å². The highest BCUT2D eigenvalue weighted by atomic mass is 35.5. The fourth-order valence-electron chi connectivity index (χ4n) is 1.54. The first-order chi connectivity index (χ1) is 7.74. The highest BCUT2D eigenvalue weighted by molar-refractivity contribution is 5.85. The van der Waals surface area contributed by atoms with Crippen molar-refractivity contribution in [2.24, 2.45) is 5.73 Å². The Hall–Kier alpha value is -1.06. The molecule has 2 N–H and O–H groups in total. The molecule has 0 saturated carbocycles. The molecule has 1 aromatic carbocycles. The van der Waals surface area contributed by atoms with Crippen LogP contribution in [-0.2, 0) is 16.0 Å². The SMILES string of the molecule is CCOC(=O)[C@H](N)CCCc1ccccc1.Cl. The van der Waals surface area contributed by atoms with Crippen molar-refractivity contribution in [1.29, 1.82) is 0 Å². The molecule has 0 aliphatic heterocycles. The van der Waals surface area contributed by atoms with E-state index < -0.39 is 6.04 Å². The largest absolute Gasteiger partial charge is 0.465 e. The highest BCUT2D eigenvalue weighted by Crippen LogP contribution is 2.06. The van der Waals surface area contributed by atoms with Crippen LogP contribution in [0.25, 0.3) is 0 Å². The molecule has 1 rings (SSSR count). The molecule has 96 valence electrons. The van der Waals surface area contributed by atoms with Gasteiger partial charge in [0.05, 0.1) is 6.61 Å². The monoisotopic (exact) mass is 257 g/mol. The van der Waals surface area contributed by atoms with Crippen LogP contribution in [0.1, 0.15) is 25.3 Å². The Morgan fingerprint density at radius 3 is 2.59 bits per heavy atom. The number of nitrogens with two attached hydrogens (primary N) is 1. The summed E-state index contributed by atoms with van der Waals surface area (Å²) in [5, 5.41) is 0. The number of carbonyl (C=O) groups is 1. The summed E-state index contributed by atoms with van der Waals surface area (Å²) in [4.78, 5) is 11.2. The summed E-state index contributed by atoms with van der Waals surface area (Å²) in [6.07, 6.45) is 2.53. The van der Waals surface area contributed by atoms with Gasteiger partial charge < -0.3 is 10.5 Å². The third-order valence-corrected chi connectivity index (χ3v) is 2.41. The van der Waals surface area contributed by atoms with Crippen molar-refractivity contribution in [3.8, 4) is 0 Å². The molecule has 0 unspecified atom stereocenters. The zero-order valence-corrected chi connectivity index (χ0v) is 10.9. The van der Waals surface area contributed by atoms with Gasteiger partial charge in [-0.15, -0.1) is 12.4 Å². The van der Waals surface area contributed by atoms with Gasteiger partial charge in [0.2, 0.25) is 0 Å². The van der Waals surface area contributed by atoms with E-state index in [2.05, 4.69) is 12.1 Å². The maximum absolute atomic E-state index is 11.2. The molecule has 0 amide bonds. The number of hydrogen-bond donors (Lipinski definition) is 1. The normalized spacial score (nSPS) is 11.4. The molecule has 0 spiro atoms. The lowest BCUT2D eigenvalue weighted by Gasteiger charge is -2.09. The summed E-state index contributed by atoms with van der Waals surface area (Å²) in [7, 11) is 0. The minimum Gasteiger partial charge on any atom is -0.465 e. The molecular formula is C13H20ClNO2. The smallest absolute Gasteiger partial charge is 0.322 e. The van der Waals surface area contributed by atoms with Crippen molar-refractivity contribution in [1.82, 2.24) is 0 Å². The summed E-state index contributed by atoms with van der Waals surface area (Å²) in [5.41, 5.74) is 6.97. The Morgan fingerprint density at radius 2 is 2.00 bits per heavy atom. The summed E-state index contributed by atoms with van der Waals surface area (Å²) >= 11 is 0. The van der Waals surface area contributed by atoms with Crippen LogP contribution in [0.2, 0.25) is 0 Å². The number of esters is 1. The topological polar surface area (TPSA) is 52.3 Å². The molecule has 3 nitrogen and oxygen atoms in total. The first-order valence-corrected chi connectivity index (χ1v) is 5.70. The number of hydrogen-bond acceptors (Lipinski definition) is 3. The summed E-state index contributed by atoms with van der Waals surface area (Å²) < 4.78 is 4.84. The van der Waals surface area contributed by atoms with Gasteiger partial charge in [-0.25, -0.2) is 0 Å². The maximum Gasteiger partial charge on any atom is 0.322 e. The highest BCUT2D eigenvalue weighted by Gasteiger charge is 2.13. The fourth-order valence-corrected chi connectivity index (χ4v) is 1.54. The van der Waals surface area contributed by atoms with E-state index in [4.69, 9.17) is 10.5 Å². The van der Waals surface area contributed by atoms with E-state index in [0.29, 0.717) is 13.0 Å². The summed E-state index contributed by atoms with van der Waals surface area (Å²) in [5.74, 6) is -0.296. The van der Waals surface area contributed by atoms with Crippen molar-refractivity contribution in [3.05, 3.63) is 35.9 Å². The Balaban J connectivity index is 0.00000256. The van der Waals surface area contributed by atoms with Crippen molar-refractivity contribution < 1.29 is 9.53 Å². The van der Waals surface area contributed by atoms with Crippen LogP contribution in [0.4, 0.5) is 0 Å². The first kappa shape index (κ1) is 15.9. The van der Waals surface area contributed by atoms with Gasteiger partial charge in [0.15, 0.2) is 0 Å². The van der Waals surface area contributed by atoms with Gasteiger partial charge in [-0.3, -0.25) is 4.79 Å². The van der Waals surface area contributed by atoms with Crippen LogP contribution in [0.3, 0.4) is 0 Å². The average molecular weight is 258 g/mol. The van der Waals surface area contributed by atoms with Crippen molar-refractivity contribution in [2.45, 2.75) is 32.2 Å².